The van der Waals surface area contributed by atoms with E-state index in [1.165, 1.54) is 7.11 Å². The van der Waals surface area contributed by atoms with Crippen LogP contribution < -0.4 is 0 Å². The zero-order valence-electron chi connectivity index (χ0n) is 15.8. The lowest BCUT2D eigenvalue weighted by molar-refractivity contribution is 0.111. The summed E-state index contributed by atoms with van der Waals surface area (Å²) in [6.07, 6.45) is 5.10. The second-order valence-electron chi connectivity index (χ2n) is 7.18. The molecule has 3 aromatic rings. The van der Waals surface area contributed by atoms with Crippen LogP contribution in [0, 0.1) is 0 Å². The first kappa shape index (κ1) is 17.5. The Labute approximate surface area is 157 Å². The summed E-state index contributed by atoms with van der Waals surface area (Å²) in [6, 6.07) is 4.00. The van der Waals surface area contributed by atoms with Crippen LogP contribution in [0.15, 0.2) is 29.2 Å². The molecule has 0 atom stereocenters. The van der Waals surface area contributed by atoms with Crippen molar-refractivity contribution >= 4 is 11.6 Å². The van der Waals surface area contributed by atoms with Crippen LogP contribution in [0.2, 0.25) is 0 Å². The van der Waals surface area contributed by atoms with E-state index in [9.17, 15) is 4.79 Å². The molecule has 1 amide bonds. The Balaban J connectivity index is 1.54. The Morgan fingerprint density at radius 1 is 1.33 bits per heavy atom. The molecule has 0 radical (unpaired) electrons. The molecule has 1 fully saturated rings. The van der Waals surface area contributed by atoms with Gasteiger partial charge in [-0.15, -0.1) is 0 Å². The van der Waals surface area contributed by atoms with Gasteiger partial charge in [-0.1, -0.05) is 19.0 Å². The minimum Gasteiger partial charge on any atom is -0.453 e. The zero-order chi connectivity index (χ0) is 19.0. The molecule has 1 saturated heterocycles. The molecular weight excluding hydrogens is 346 g/mol. The molecule has 1 aliphatic heterocycles. The molecule has 0 N–H and O–H groups in total. The minimum absolute atomic E-state index is 0.188. The highest BCUT2D eigenvalue weighted by molar-refractivity contribution is 5.67. The lowest BCUT2D eigenvalue weighted by Gasteiger charge is -2.29. The van der Waals surface area contributed by atoms with Gasteiger partial charge in [0.05, 0.1) is 24.6 Å². The van der Waals surface area contributed by atoms with Gasteiger partial charge in [-0.25, -0.2) is 9.78 Å². The van der Waals surface area contributed by atoms with Crippen molar-refractivity contribution in [3.63, 3.8) is 0 Å². The van der Waals surface area contributed by atoms with Crippen molar-refractivity contribution in [1.82, 2.24) is 24.4 Å². The van der Waals surface area contributed by atoms with Crippen LogP contribution in [0.5, 0.6) is 0 Å². The Morgan fingerprint density at radius 3 is 2.81 bits per heavy atom. The van der Waals surface area contributed by atoms with Crippen molar-refractivity contribution in [3.8, 4) is 11.5 Å². The van der Waals surface area contributed by atoms with Crippen molar-refractivity contribution in [2.24, 2.45) is 0 Å². The van der Waals surface area contributed by atoms with Gasteiger partial charge in [0.15, 0.2) is 5.82 Å². The molecule has 0 bridgehead atoms. The predicted octanol–water partition coefficient (Wildman–Crippen LogP) is 3.45. The maximum Gasteiger partial charge on any atom is 0.409 e. The Kier molecular flexibility index (Phi) is 4.55. The van der Waals surface area contributed by atoms with Crippen LogP contribution >= 0.6 is 0 Å². The van der Waals surface area contributed by atoms with E-state index in [0.717, 1.165) is 29.6 Å². The normalized spacial score (nSPS) is 15.6. The second kappa shape index (κ2) is 7.02. The van der Waals surface area contributed by atoms with Gasteiger partial charge >= 0.3 is 6.09 Å². The molecule has 8 heteroatoms. The van der Waals surface area contributed by atoms with Crippen LogP contribution in [0.4, 0.5) is 4.79 Å². The van der Waals surface area contributed by atoms with Gasteiger partial charge < -0.3 is 18.6 Å². The maximum atomic E-state index is 11.6. The molecule has 8 nitrogen and oxygen atoms in total. The summed E-state index contributed by atoms with van der Waals surface area (Å²) in [5.41, 5.74) is 2.98. The van der Waals surface area contributed by atoms with Crippen LogP contribution in [-0.4, -0.2) is 50.7 Å². The molecule has 0 aliphatic carbocycles. The van der Waals surface area contributed by atoms with Crippen LogP contribution in [0.25, 0.3) is 17.0 Å². The fraction of sp³-hybridized carbons (Fsp3) is 0.474. The largest absolute Gasteiger partial charge is 0.453 e. The van der Waals surface area contributed by atoms with Crippen molar-refractivity contribution < 1.29 is 14.1 Å². The molecule has 3 aromatic heterocycles. The monoisotopic (exact) mass is 369 g/mol. The molecule has 1 aliphatic rings. The van der Waals surface area contributed by atoms with Crippen molar-refractivity contribution in [2.45, 2.75) is 38.5 Å². The van der Waals surface area contributed by atoms with Crippen LogP contribution in [0.1, 0.15) is 50.0 Å². The first-order valence-electron chi connectivity index (χ1n) is 9.20. The third-order valence-electron chi connectivity index (χ3n) is 5.10. The van der Waals surface area contributed by atoms with E-state index in [0.29, 0.717) is 30.7 Å². The second-order valence-corrected chi connectivity index (χ2v) is 7.18. The number of piperidine rings is 1. The maximum absolute atomic E-state index is 11.6. The average Bonchev–Trinajstić information content (AvgIpc) is 3.34. The lowest BCUT2D eigenvalue weighted by Crippen LogP contribution is -2.37. The topological polar surface area (TPSA) is 85.8 Å². The molecule has 142 valence electrons. The van der Waals surface area contributed by atoms with Gasteiger partial charge in [0.1, 0.15) is 0 Å². The number of aromatic nitrogens is 4. The van der Waals surface area contributed by atoms with E-state index in [1.54, 1.807) is 4.90 Å². The molecule has 4 heterocycles. The van der Waals surface area contributed by atoms with E-state index in [-0.39, 0.29) is 12.0 Å². The highest BCUT2D eigenvalue weighted by Gasteiger charge is 2.27. The number of carbonyl (C=O) groups is 1. The number of pyridine rings is 1. The highest BCUT2D eigenvalue weighted by atomic mass is 16.5. The first-order valence-corrected chi connectivity index (χ1v) is 9.20. The molecule has 27 heavy (non-hydrogen) atoms. The smallest absolute Gasteiger partial charge is 0.409 e. The van der Waals surface area contributed by atoms with E-state index in [1.807, 2.05) is 29.1 Å². The number of methoxy groups -OCH3 is 1. The first-order chi connectivity index (χ1) is 13.1. The molecule has 0 aromatic carbocycles. The molecule has 0 unspecified atom stereocenters. The van der Waals surface area contributed by atoms with Gasteiger partial charge in [-0.3, -0.25) is 0 Å². The standard InChI is InChI=1S/C19H23N5O3/c1-12(2)16-15-10-14(6-9-24(15)11-20-16)18-21-17(22-27-18)13-4-7-23(8-5-13)19(25)26-3/h6,9-13H,4-5,7-8H2,1-3H3. The lowest BCUT2D eigenvalue weighted by atomic mass is 9.96. The average molecular weight is 369 g/mol. The molecule has 0 spiro atoms. The number of nitrogens with zero attached hydrogens (tertiary/aromatic N) is 5. The number of imidazole rings is 1. The number of likely N-dealkylation sites (tertiary alicyclic amines) is 1. The third kappa shape index (κ3) is 3.27. The summed E-state index contributed by atoms with van der Waals surface area (Å²) in [5, 5.41) is 4.19. The molecule has 4 rings (SSSR count). The van der Waals surface area contributed by atoms with Crippen molar-refractivity contribution in [3.05, 3.63) is 36.2 Å². The number of fused-ring (bicyclic) bond motifs is 1. The number of amides is 1. The molecule has 0 saturated carbocycles. The molecular formula is C19H23N5O3. The van der Waals surface area contributed by atoms with Crippen molar-refractivity contribution in [2.75, 3.05) is 20.2 Å². The van der Waals surface area contributed by atoms with Gasteiger partial charge in [-0.2, -0.15) is 4.98 Å². The predicted molar refractivity (Wildman–Crippen MR) is 98.5 cm³/mol. The Hall–Kier alpha value is -2.90. The van der Waals surface area contributed by atoms with Gasteiger partial charge in [0.2, 0.25) is 0 Å². The highest BCUT2D eigenvalue weighted by Crippen LogP contribution is 2.29. The summed E-state index contributed by atoms with van der Waals surface area (Å²) < 4.78 is 12.3. The third-order valence-corrected chi connectivity index (χ3v) is 5.10. The number of carbonyl (C=O) groups excluding carboxylic acids is 1. The fourth-order valence-corrected chi connectivity index (χ4v) is 3.55. The zero-order valence-corrected chi connectivity index (χ0v) is 15.8. The summed E-state index contributed by atoms with van der Waals surface area (Å²) in [4.78, 5) is 22.4. The number of hydrogen-bond donors (Lipinski definition) is 0. The number of rotatable bonds is 3. The van der Waals surface area contributed by atoms with Gasteiger partial charge in [-0.05, 0) is 30.9 Å². The summed E-state index contributed by atoms with van der Waals surface area (Å²) >= 11 is 0. The summed E-state index contributed by atoms with van der Waals surface area (Å²) in [5.74, 6) is 1.74. The van der Waals surface area contributed by atoms with E-state index in [2.05, 4.69) is 29.0 Å². The number of hydrogen-bond acceptors (Lipinski definition) is 6. The number of ether oxygens (including phenoxy) is 1. The van der Waals surface area contributed by atoms with Gasteiger partial charge in [0, 0.05) is 30.8 Å². The summed E-state index contributed by atoms with van der Waals surface area (Å²) in [6.45, 7) is 5.53. The van der Waals surface area contributed by atoms with E-state index >= 15 is 0 Å². The quantitative estimate of drug-likeness (QED) is 0.703. The van der Waals surface area contributed by atoms with E-state index in [4.69, 9.17) is 9.26 Å². The Bertz CT molecular complexity index is 953. The van der Waals surface area contributed by atoms with Gasteiger partial charge in [0.25, 0.3) is 5.89 Å². The van der Waals surface area contributed by atoms with Crippen molar-refractivity contribution in [1.29, 1.82) is 0 Å². The van der Waals surface area contributed by atoms with Crippen LogP contribution in [0.3, 0.4) is 0 Å². The van der Waals surface area contributed by atoms with E-state index < -0.39 is 0 Å². The SMILES string of the molecule is COC(=O)N1CCC(c2noc(-c3ccn4cnc(C(C)C)c4c3)n2)CC1. The minimum atomic E-state index is -0.280. The van der Waals surface area contributed by atoms with Crippen LogP contribution in [-0.2, 0) is 4.74 Å². The fourth-order valence-electron chi connectivity index (χ4n) is 3.55. The Morgan fingerprint density at radius 2 is 2.11 bits per heavy atom. The summed E-state index contributed by atoms with van der Waals surface area (Å²) in [7, 11) is 1.40.